The molecule has 3 heteroatoms. The van der Waals surface area contributed by atoms with Crippen LogP contribution in [0, 0.1) is 11.8 Å². The Morgan fingerprint density at radius 1 is 1.25 bits per heavy atom. The van der Waals surface area contributed by atoms with Gasteiger partial charge in [-0.15, -0.1) is 0 Å². The van der Waals surface area contributed by atoms with Crippen LogP contribution < -0.4 is 5.32 Å². The third-order valence-electron chi connectivity index (χ3n) is 5.66. The number of carbonyl (C=O) groups is 1. The molecule has 1 aliphatic heterocycles. The van der Waals surface area contributed by atoms with Gasteiger partial charge in [0, 0.05) is 6.04 Å². The number of hydrogen-bond acceptors (Lipinski definition) is 2. The zero-order valence-corrected chi connectivity index (χ0v) is 13.1. The van der Waals surface area contributed by atoms with Crippen molar-refractivity contribution in [3.8, 4) is 0 Å². The topological polar surface area (TPSA) is 32.3 Å². The van der Waals surface area contributed by atoms with Crippen molar-refractivity contribution in [1.82, 2.24) is 10.2 Å². The number of rotatable bonds is 6. The van der Waals surface area contributed by atoms with Crippen LogP contribution in [0.15, 0.2) is 0 Å². The van der Waals surface area contributed by atoms with Crippen LogP contribution in [-0.4, -0.2) is 29.1 Å². The fraction of sp³-hybridized carbons (Fsp3) is 0.941. The van der Waals surface area contributed by atoms with Crippen molar-refractivity contribution >= 4 is 5.91 Å². The summed E-state index contributed by atoms with van der Waals surface area (Å²) in [4.78, 5) is 15.1. The summed E-state index contributed by atoms with van der Waals surface area (Å²) in [6.07, 6.45) is 11.6. The zero-order chi connectivity index (χ0) is 14.1. The molecular weight excluding hydrogens is 248 g/mol. The highest BCUT2D eigenvalue weighted by atomic mass is 16.2. The smallest absolute Gasteiger partial charge is 0.241 e. The Bertz CT molecular complexity index is 347. The van der Waals surface area contributed by atoms with Gasteiger partial charge in [-0.1, -0.05) is 32.6 Å². The van der Waals surface area contributed by atoms with Crippen LogP contribution in [0.3, 0.4) is 0 Å². The molecule has 114 valence electrons. The largest absolute Gasteiger partial charge is 0.323 e. The number of hydrogen-bond donors (Lipinski definition) is 1. The SMILES string of the molecule is CCCCC1NC(C2CCCC2)N(C(C)C2CC2)C1=O. The fourth-order valence-corrected chi connectivity index (χ4v) is 4.19. The van der Waals surface area contributed by atoms with Gasteiger partial charge in [-0.3, -0.25) is 10.1 Å². The first-order chi connectivity index (χ1) is 9.72. The Balaban J connectivity index is 1.72. The monoisotopic (exact) mass is 278 g/mol. The summed E-state index contributed by atoms with van der Waals surface area (Å²) in [5, 5.41) is 3.71. The average molecular weight is 278 g/mol. The van der Waals surface area contributed by atoms with Crippen LogP contribution >= 0.6 is 0 Å². The number of unbranched alkanes of at least 4 members (excludes halogenated alkanes) is 1. The van der Waals surface area contributed by atoms with Gasteiger partial charge in [-0.05, 0) is 50.9 Å². The lowest BCUT2D eigenvalue weighted by molar-refractivity contribution is -0.133. The Labute approximate surface area is 123 Å². The van der Waals surface area contributed by atoms with E-state index in [4.69, 9.17) is 0 Å². The van der Waals surface area contributed by atoms with Gasteiger partial charge in [-0.25, -0.2) is 0 Å². The summed E-state index contributed by atoms with van der Waals surface area (Å²) < 4.78 is 0. The molecule has 2 saturated carbocycles. The number of amides is 1. The Kier molecular flexibility index (Phi) is 4.34. The molecule has 0 spiro atoms. The van der Waals surface area contributed by atoms with Gasteiger partial charge in [0.15, 0.2) is 0 Å². The van der Waals surface area contributed by atoms with Gasteiger partial charge in [0.2, 0.25) is 5.91 Å². The van der Waals surface area contributed by atoms with E-state index >= 15 is 0 Å². The molecule has 3 atom stereocenters. The van der Waals surface area contributed by atoms with E-state index in [1.807, 2.05) is 0 Å². The second-order valence-corrected chi connectivity index (χ2v) is 7.17. The van der Waals surface area contributed by atoms with Gasteiger partial charge in [0.1, 0.15) is 0 Å². The van der Waals surface area contributed by atoms with Crippen LogP contribution in [0.2, 0.25) is 0 Å². The van der Waals surface area contributed by atoms with Gasteiger partial charge in [0.25, 0.3) is 0 Å². The fourth-order valence-electron chi connectivity index (χ4n) is 4.19. The summed E-state index contributed by atoms with van der Waals surface area (Å²) in [5.74, 6) is 1.87. The minimum absolute atomic E-state index is 0.0988. The summed E-state index contributed by atoms with van der Waals surface area (Å²) in [7, 11) is 0. The lowest BCUT2D eigenvalue weighted by Gasteiger charge is -2.34. The van der Waals surface area contributed by atoms with E-state index in [0.29, 0.717) is 24.0 Å². The highest BCUT2D eigenvalue weighted by molar-refractivity contribution is 5.84. The van der Waals surface area contributed by atoms with Crippen molar-refractivity contribution in [3.05, 3.63) is 0 Å². The number of carbonyl (C=O) groups excluding carboxylic acids is 1. The third kappa shape index (κ3) is 2.74. The first-order valence-corrected chi connectivity index (χ1v) is 8.80. The molecule has 3 fully saturated rings. The molecule has 0 aromatic carbocycles. The van der Waals surface area contributed by atoms with Gasteiger partial charge >= 0.3 is 0 Å². The highest BCUT2D eigenvalue weighted by Crippen LogP contribution is 2.40. The van der Waals surface area contributed by atoms with Crippen LogP contribution in [0.25, 0.3) is 0 Å². The lowest BCUT2D eigenvalue weighted by Crippen LogP contribution is -2.47. The number of nitrogens with zero attached hydrogens (tertiary/aromatic N) is 1. The lowest BCUT2D eigenvalue weighted by atomic mass is 10.0. The predicted octanol–water partition coefficient (Wildman–Crippen LogP) is 3.29. The molecular formula is C17H30N2O. The second-order valence-electron chi connectivity index (χ2n) is 7.17. The van der Waals surface area contributed by atoms with Gasteiger partial charge in [0.05, 0.1) is 12.2 Å². The van der Waals surface area contributed by atoms with E-state index in [0.717, 1.165) is 18.8 Å². The van der Waals surface area contributed by atoms with Crippen molar-refractivity contribution in [1.29, 1.82) is 0 Å². The highest BCUT2D eigenvalue weighted by Gasteiger charge is 2.47. The maximum atomic E-state index is 12.8. The molecule has 1 saturated heterocycles. The van der Waals surface area contributed by atoms with Crippen molar-refractivity contribution in [2.24, 2.45) is 11.8 Å². The molecule has 0 radical (unpaired) electrons. The first-order valence-electron chi connectivity index (χ1n) is 8.80. The molecule has 1 heterocycles. The van der Waals surface area contributed by atoms with Crippen LogP contribution in [0.4, 0.5) is 0 Å². The summed E-state index contributed by atoms with van der Waals surface area (Å²) >= 11 is 0. The van der Waals surface area contributed by atoms with Gasteiger partial charge in [-0.2, -0.15) is 0 Å². The Hall–Kier alpha value is -0.570. The van der Waals surface area contributed by atoms with E-state index in [1.54, 1.807) is 0 Å². The van der Waals surface area contributed by atoms with Crippen LogP contribution in [0.5, 0.6) is 0 Å². The minimum Gasteiger partial charge on any atom is -0.323 e. The second kappa shape index (κ2) is 6.05. The third-order valence-corrected chi connectivity index (χ3v) is 5.66. The zero-order valence-electron chi connectivity index (χ0n) is 13.1. The first kappa shape index (κ1) is 14.4. The van der Waals surface area contributed by atoms with Crippen LogP contribution in [-0.2, 0) is 4.79 Å². The molecule has 1 amide bonds. The molecule has 3 unspecified atom stereocenters. The van der Waals surface area contributed by atoms with E-state index < -0.39 is 0 Å². The van der Waals surface area contributed by atoms with Gasteiger partial charge < -0.3 is 4.90 Å². The molecule has 0 aromatic heterocycles. The van der Waals surface area contributed by atoms with Crippen LogP contribution in [0.1, 0.15) is 71.6 Å². The number of nitrogens with one attached hydrogen (secondary N) is 1. The quantitative estimate of drug-likeness (QED) is 0.808. The molecule has 0 aromatic rings. The van der Waals surface area contributed by atoms with E-state index in [1.165, 1.54) is 44.9 Å². The molecule has 3 rings (SSSR count). The summed E-state index contributed by atoms with van der Waals surface area (Å²) in [6.45, 7) is 4.49. The van der Waals surface area contributed by atoms with E-state index in [-0.39, 0.29) is 6.04 Å². The van der Waals surface area contributed by atoms with E-state index in [2.05, 4.69) is 24.1 Å². The molecule has 1 N–H and O–H groups in total. The van der Waals surface area contributed by atoms with E-state index in [9.17, 15) is 4.79 Å². The standard InChI is InChI=1S/C17H30N2O/c1-3-4-9-15-17(20)19(12(2)13-10-11-13)16(18-15)14-7-5-6-8-14/h12-16,18H,3-11H2,1-2H3. The van der Waals surface area contributed by atoms with Crippen molar-refractivity contribution in [2.75, 3.05) is 0 Å². The molecule has 20 heavy (non-hydrogen) atoms. The molecule has 3 nitrogen and oxygen atoms in total. The minimum atomic E-state index is 0.0988. The van der Waals surface area contributed by atoms with Crippen molar-refractivity contribution in [2.45, 2.75) is 89.9 Å². The normalized spacial score (nSPS) is 33.1. The predicted molar refractivity (Wildman–Crippen MR) is 81.2 cm³/mol. The maximum absolute atomic E-state index is 12.8. The van der Waals surface area contributed by atoms with Crippen molar-refractivity contribution < 1.29 is 4.79 Å². The molecule has 3 aliphatic rings. The summed E-state index contributed by atoms with van der Waals surface area (Å²) in [5.41, 5.74) is 0. The Morgan fingerprint density at radius 3 is 2.55 bits per heavy atom. The molecule has 2 aliphatic carbocycles. The summed E-state index contributed by atoms with van der Waals surface area (Å²) in [6, 6.07) is 0.550. The maximum Gasteiger partial charge on any atom is 0.241 e. The van der Waals surface area contributed by atoms with Crippen molar-refractivity contribution in [3.63, 3.8) is 0 Å². The Morgan fingerprint density at radius 2 is 1.95 bits per heavy atom. The average Bonchev–Trinajstić information content (AvgIpc) is 3.05. The molecule has 0 bridgehead atoms.